The van der Waals surface area contributed by atoms with Crippen molar-refractivity contribution in [2.24, 2.45) is 7.05 Å². The fourth-order valence-electron chi connectivity index (χ4n) is 4.00. The maximum atomic E-state index is 12.8. The molecule has 0 fully saturated rings. The molecule has 0 aliphatic heterocycles. The lowest BCUT2D eigenvalue weighted by Gasteiger charge is -2.12. The number of carboxylic acid groups (broad SMARTS) is 1. The summed E-state index contributed by atoms with van der Waals surface area (Å²) in [6.07, 6.45) is 5.09. The third kappa shape index (κ3) is 5.99. The largest absolute Gasteiger partial charge is 0.478 e. The topological polar surface area (TPSA) is 123 Å². The van der Waals surface area contributed by atoms with Crippen LogP contribution in [0.1, 0.15) is 64.2 Å². The number of hydrogen-bond acceptors (Lipinski definition) is 7. The van der Waals surface area contributed by atoms with E-state index in [1.165, 1.54) is 6.33 Å². The van der Waals surface area contributed by atoms with Crippen LogP contribution in [0.15, 0.2) is 67.1 Å². The summed E-state index contributed by atoms with van der Waals surface area (Å²) in [6.45, 7) is 2.50. The lowest BCUT2D eigenvalue weighted by atomic mass is 9.93. The second kappa shape index (κ2) is 11.4. The molecule has 2 aromatic carbocycles. The van der Waals surface area contributed by atoms with Gasteiger partial charge >= 0.3 is 5.97 Å². The number of anilines is 1. The highest BCUT2D eigenvalue weighted by Crippen LogP contribution is 2.23. The molecule has 0 saturated carbocycles. The summed E-state index contributed by atoms with van der Waals surface area (Å²) in [4.78, 5) is 32.2. The number of aromatic nitrogens is 5. The molecule has 0 bridgehead atoms. The number of aromatic carboxylic acids is 1. The van der Waals surface area contributed by atoms with Gasteiger partial charge in [0.15, 0.2) is 17.4 Å². The Morgan fingerprint density at radius 2 is 1.86 bits per heavy atom. The molecule has 0 radical (unpaired) electrons. The van der Waals surface area contributed by atoms with Crippen molar-refractivity contribution in [1.82, 2.24) is 24.7 Å². The van der Waals surface area contributed by atoms with Gasteiger partial charge in [-0.2, -0.15) is 0 Å². The van der Waals surface area contributed by atoms with Crippen molar-refractivity contribution in [3.8, 4) is 11.5 Å². The number of carbonyl (C=O) groups is 2. The molecule has 0 unspecified atom stereocenters. The van der Waals surface area contributed by atoms with E-state index in [9.17, 15) is 14.7 Å². The van der Waals surface area contributed by atoms with Crippen molar-refractivity contribution >= 4 is 17.4 Å². The fourth-order valence-corrected chi connectivity index (χ4v) is 4.00. The predicted octanol–water partition coefficient (Wildman–Crippen LogP) is 4.74. The van der Waals surface area contributed by atoms with Gasteiger partial charge in [-0.15, -0.1) is 10.2 Å². The molecular formula is C27H28N6O3. The van der Waals surface area contributed by atoms with Gasteiger partial charge in [-0.1, -0.05) is 31.2 Å². The average molecular weight is 485 g/mol. The number of ketones is 1. The summed E-state index contributed by atoms with van der Waals surface area (Å²) in [5, 5.41) is 21.0. The second-order valence-corrected chi connectivity index (χ2v) is 8.67. The second-order valence-electron chi connectivity index (χ2n) is 8.67. The van der Waals surface area contributed by atoms with Crippen molar-refractivity contribution in [2.75, 3.05) is 5.32 Å². The predicted molar refractivity (Wildman–Crippen MR) is 136 cm³/mol. The van der Waals surface area contributed by atoms with Crippen molar-refractivity contribution in [1.29, 1.82) is 0 Å². The molecule has 2 aromatic heterocycles. The minimum absolute atomic E-state index is 0.0786. The molecule has 2 N–H and O–H groups in total. The Bertz CT molecular complexity index is 1350. The van der Waals surface area contributed by atoms with E-state index in [4.69, 9.17) is 0 Å². The first-order valence-electron chi connectivity index (χ1n) is 11.8. The zero-order chi connectivity index (χ0) is 25.5. The van der Waals surface area contributed by atoms with Gasteiger partial charge in [0.1, 0.15) is 12.0 Å². The Hall–Kier alpha value is -4.40. The van der Waals surface area contributed by atoms with Crippen LogP contribution in [0, 0.1) is 0 Å². The molecule has 0 amide bonds. The van der Waals surface area contributed by atoms with E-state index < -0.39 is 5.97 Å². The van der Waals surface area contributed by atoms with Gasteiger partial charge in [-0.25, -0.2) is 14.8 Å². The van der Waals surface area contributed by atoms with E-state index in [1.54, 1.807) is 30.5 Å². The number of carboxylic acids is 1. The average Bonchev–Trinajstić information content (AvgIpc) is 3.28. The zero-order valence-corrected chi connectivity index (χ0v) is 20.3. The van der Waals surface area contributed by atoms with Crippen molar-refractivity contribution in [3.63, 3.8) is 0 Å². The third-order valence-corrected chi connectivity index (χ3v) is 6.15. The number of rotatable bonds is 11. The number of Topliss-reactive ketones (excluding diaryl/α,β-unsaturated/α-hetero) is 1. The highest BCUT2D eigenvalue weighted by molar-refractivity contribution is 5.96. The SMILES string of the molecule is C[C@@H](CCCC(=O)c1cccc(NCc2nnc(-c3ccncn3)n2C)c1)c1cccc(C(=O)O)c1. The number of benzene rings is 2. The van der Waals surface area contributed by atoms with Crippen LogP contribution in [-0.2, 0) is 13.6 Å². The molecular weight excluding hydrogens is 456 g/mol. The summed E-state index contributed by atoms with van der Waals surface area (Å²) >= 11 is 0. The highest BCUT2D eigenvalue weighted by Gasteiger charge is 2.13. The number of nitrogens with zero attached hydrogens (tertiary/aromatic N) is 5. The van der Waals surface area contributed by atoms with Gasteiger partial charge in [0, 0.05) is 30.9 Å². The van der Waals surface area contributed by atoms with Crippen LogP contribution in [0.2, 0.25) is 0 Å². The van der Waals surface area contributed by atoms with Crippen LogP contribution in [0.5, 0.6) is 0 Å². The van der Waals surface area contributed by atoms with Crippen molar-refractivity contribution in [2.45, 2.75) is 38.6 Å². The molecule has 4 rings (SSSR count). The molecule has 2 heterocycles. The summed E-state index contributed by atoms with van der Waals surface area (Å²) < 4.78 is 1.87. The summed E-state index contributed by atoms with van der Waals surface area (Å²) in [5.74, 6) is 0.708. The van der Waals surface area contributed by atoms with Crippen LogP contribution in [0.4, 0.5) is 5.69 Å². The van der Waals surface area contributed by atoms with Gasteiger partial charge in [0.2, 0.25) is 0 Å². The molecule has 9 heteroatoms. The molecule has 4 aromatic rings. The van der Waals surface area contributed by atoms with Crippen LogP contribution in [0.3, 0.4) is 0 Å². The summed E-state index contributed by atoms with van der Waals surface area (Å²) in [7, 11) is 1.88. The van der Waals surface area contributed by atoms with E-state index in [2.05, 4.69) is 32.4 Å². The van der Waals surface area contributed by atoms with Crippen LogP contribution < -0.4 is 5.32 Å². The molecule has 0 aliphatic rings. The minimum atomic E-state index is -0.932. The van der Waals surface area contributed by atoms with Gasteiger partial charge < -0.3 is 15.0 Å². The zero-order valence-electron chi connectivity index (χ0n) is 20.3. The lowest BCUT2D eigenvalue weighted by molar-refractivity contribution is 0.0696. The Balaban J connectivity index is 1.31. The van der Waals surface area contributed by atoms with Crippen LogP contribution in [0.25, 0.3) is 11.5 Å². The maximum Gasteiger partial charge on any atom is 0.335 e. The molecule has 0 aliphatic carbocycles. The smallest absolute Gasteiger partial charge is 0.335 e. The molecule has 36 heavy (non-hydrogen) atoms. The van der Waals surface area contributed by atoms with E-state index >= 15 is 0 Å². The van der Waals surface area contributed by atoms with Crippen molar-refractivity contribution in [3.05, 3.63) is 89.6 Å². The normalized spacial score (nSPS) is 11.7. The Morgan fingerprint density at radius 3 is 2.64 bits per heavy atom. The van der Waals surface area contributed by atoms with E-state index in [0.29, 0.717) is 30.0 Å². The molecule has 0 saturated heterocycles. The van der Waals surface area contributed by atoms with Gasteiger partial charge in [0.25, 0.3) is 0 Å². The molecule has 1 atom stereocenters. The first-order chi connectivity index (χ1) is 17.4. The first-order valence-corrected chi connectivity index (χ1v) is 11.8. The van der Waals surface area contributed by atoms with Crippen LogP contribution >= 0.6 is 0 Å². The van der Waals surface area contributed by atoms with Gasteiger partial charge in [-0.05, 0) is 54.7 Å². The monoisotopic (exact) mass is 484 g/mol. The third-order valence-electron chi connectivity index (χ3n) is 6.15. The quantitative estimate of drug-likeness (QED) is 0.293. The number of nitrogens with one attached hydrogen (secondary N) is 1. The fraction of sp³-hybridized carbons (Fsp3) is 0.259. The Morgan fingerprint density at radius 1 is 1.06 bits per heavy atom. The van der Waals surface area contributed by atoms with Crippen LogP contribution in [-0.4, -0.2) is 41.6 Å². The maximum absolute atomic E-state index is 12.8. The molecule has 0 spiro atoms. The summed E-state index contributed by atoms with van der Waals surface area (Å²) in [6, 6.07) is 16.2. The Kier molecular flexibility index (Phi) is 7.79. The summed E-state index contributed by atoms with van der Waals surface area (Å²) in [5.41, 5.74) is 3.43. The van der Waals surface area contributed by atoms with Gasteiger partial charge in [-0.3, -0.25) is 4.79 Å². The lowest BCUT2D eigenvalue weighted by Crippen LogP contribution is -2.08. The molecule has 9 nitrogen and oxygen atoms in total. The van der Waals surface area contributed by atoms with Gasteiger partial charge in [0.05, 0.1) is 12.1 Å². The standard InChI is InChI=1S/C27H28N6O3/c1-18(19-7-4-9-21(14-19)27(35)36)6-3-11-24(34)20-8-5-10-22(15-20)29-16-25-31-32-26(33(25)2)23-12-13-28-17-30-23/h4-5,7-10,12-15,17-18,29H,3,6,11,16H2,1-2H3,(H,35,36)/t18-/m0/s1. The van der Waals surface area contributed by atoms with E-state index in [0.717, 1.165) is 29.9 Å². The van der Waals surface area contributed by atoms with E-state index in [-0.39, 0.29) is 17.3 Å². The number of hydrogen-bond donors (Lipinski definition) is 2. The number of carbonyl (C=O) groups excluding carboxylic acids is 1. The Labute approximate surface area is 209 Å². The van der Waals surface area contributed by atoms with Crippen molar-refractivity contribution < 1.29 is 14.7 Å². The first kappa shape index (κ1) is 24.7. The highest BCUT2D eigenvalue weighted by atomic mass is 16.4. The molecule has 184 valence electrons. The van der Waals surface area contributed by atoms with E-state index in [1.807, 2.05) is 41.9 Å². The minimum Gasteiger partial charge on any atom is -0.478 e.